The normalized spacial score (nSPS) is 10.9. The molecule has 6 nitrogen and oxygen atoms in total. The summed E-state index contributed by atoms with van der Waals surface area (Å²) < 4.78 is 33.9. The van der Waals surface area contributed by atoms with E-state index in [9.17, 15) is 13.6 Å². The van der Waals surface area contributed by atoms with Crippen molar-refractivity contribution in [2.75, 3.05) is 0 Å². The molecule has 0 unspecified atom stereocenters. The molecule has 2 heterocycles. The van der Waals surface area contributed by atoms with Gasteiger partial charge in [-0.2, -0.15) is 5.10 Å². The summed E-state index contributed by atoms with van der Waals surface area (Å²) in [7, 11) is 0. The van der Waals surface area contributed by atoms with Gasteiger partial charge in [-0.15, -0.1) is 11.3 Å². The summed E-state index contributed by atoms with van der Waals surface area (Å²) in [5, 5.41) is 15.6. The van der Waals surface area contributed by atoms with Crippen LogP contribution in [0.5, 0.6) is 5.75 Å². The predicted octanol–water partition coefficient (Wildman–Crippen LogP) is 4.61. The van der Waals surface area contributed by atoms with Gasteiger partial charge in [-0.05, 0) is 24.3 Å². The summed E-state index contributed by atoms with van der Waals surface area (Å²) in [6.45, 7) is 0.334. The van der Waals surface area contributed by atoms with Crippen molar-refractivity contribution in [2.45, 2.75) is 13.2 Å². The Labute approximate surface area is 174 Å². The van der Waals surface area contributed by atoms with Crippen molar-refractivity contribution in [1.29, 1.82) is 0 Å². The number of nitrogens with zero attached hydrogens (tertiary/aromatic N) is 3. The highest BCUT2D eigenvalue weighted by Gasteiger charge is 2.10. The second kappa shape index (κ2) is 8.42. The summed E-state index contributed by atoms with van der Waals surface area (Å²) in [6, 6.07) is 10.6. The van der Waals surface area contributed by atoms with E-state index in [-0.39, 0.29) is 17.7 Å². The maximum atomic E-state index is 13.8. The first-order valence-corrected chi connectivity index (χ1v) is 9.73. The lowest BCUT2D eigenvalue weighted by Gasteiger charge is -2.08. The molecule has 4 aromatic rings. The van der Waals surface area contributed by atoms with Crippen molar-refractivity contribution in [3.8, 4) is 17.0 Å². The predicted molar refractivity (Wildman–Crippen MR) is 107 cm³/mol. The van der Waals surface area contributed by atoms with Gasteiger partial charge in [0.25, 0.3) is 0 Å². The van der Waals surface area contributed by atoms with Crippen LogP contribution in [0.25, 0.3) is 11.3 Å². The second-order valence-corrected chi connectivity index (χ2v) is 7.35. The molecule has 0 spiro atoms. The molecule has 2 aromatic heterocycles. The third-order valence-corrected chi connectivity index (χ3v) is 5.10. The average Bonchev–Trinajstić information content (AvgIpc) is 3.38. The maximum absolute atomic E-state index is 13.8. The highest BCUT2D eigenvalue weighted by molar-refractivity contribution is 7.09. The molecule has 4 rings (SSSR count). The number of thiazole rings is 1. The third-order valence-electron chi connectivity index (χ3n) is 4.27. The number of rotatable bonds is 7. The molecule has 1 N–H and O–H groups in total. The molecule has 0 aliphatic carbocycles. The summed E-state index contributed by atoms with van der Waals surface area (Å²) >= 11 is 1.43. The summed E-state index contributed by atoms with van der Waals surface area (Å²) in [5.41, 5.74) is 1.94. The number of benzene rings is 2. The van der Waals surface area contributed by atoms with E-state index in [1.54, 1.807) is 18.2 Å². The van der Waals surface area contributed by atoms with Crippen LogP contribution in [-0.4, -0.2) is 25.8 Å². The van der Waals surface area contributed by atoms with Gasteiger partial charge in [0.2, 0.25) is 0 Å². The molecular weight excluding hydrogens is 412 g/mol. The smallest absolute Gasteiger partial charge is 0.338 e. The van der Waals surface area contributed by atoms with Crippen LogP contribution in [0.3, 0.4) is 0 Å². The van der Waals surface area contributed by atoms with E-state index in [2.05, 4.69) is 10.1 Å². The Bertz CT molecular complexity index is 1210. The molecule has 30 heavy (non-hydrogen) atoms. The van der Waals surface area contributed by atoms with Crippen molar-refractivity contribution >= 4 is 17.3 Å². The Kier molecular flexibility index (Phi) is 5.53. The number of hydrogen-bond donors (Lipinski definition) is 1. The first-order valence-electron chi connectivity index (χ1n) is 8.85. The van der Waals surface area contributed by atoms with Crippen LogP contribution in [0, 0.1) is 11.6 Å². The third kappa shape index (κ3) is 4.52. The zero-order valence-corrected chi connectivity index (χ0v) is 16.3. The van der Waals surface area contributed by atoms with Gasteiger partial charge in [-0.3, -0.25) is 4.68 Å². The Balaban J connectivity index is 1.45. The lowest BCUT2D eigenvalue weighted by Crippen LogP contribution is -2.00. The molecule has 2 aromatic carbocycles. The summed E-state index contributed by atoms with van der Waals surface area (Å²) in [6.07, 6.45) is 2.74. The number of carbonyl (C=O) groups is 1. The molecule has 152 valence electrons. The standard InChI is InChI=1S/C21H15F2N3O3S/c22-16-5-4-14(18(23)7-16)11-29-17-3-1-2-13(6-17)19-12-30-20(25-19)10-26-9-15(8-24-26)21(27)28/h1-9,12H,10-11H2,(H,27,28). The van der Waals surface area contributed by atoms with Gasteiger partial charge in [-0.1, -0.05) is 12.1 Å². The van der Waals surface area contributed by atoms with Crippen molar-refractivity contribution in [1.82, 2.24) is 14.8 Å². The van der Waals surface area contributed by atoms with Crippen LogP contribution >= 0.6 is 11.3 Å². The molecule has 9 heteroatoms. The number of halogens is 2. The van der Waals surface area contributed by atoms with E-state index < -0.39 is 17.6 Å². The van der Waals surface area contributed by atoms with Crippen LogP contribution in [0.1, 0.15) is 20.9 Å². The van der Waals surface area contributed by atoms with Crippen molar-refractivity contribution in [3.05, 3.63) is 88.0 Å². The van der Waals surface area contributed by atoms with Gasteiger partial charge in [0.15, 0.2) is 0 Å². The quantitative estimate of drug-likeness (QED) is 0.466. The fourth-order valence-electron chi connectivity index (χ4n) is 2.76. The Hall–Kier alpha value is -3.59. The molecule has 0 radical (unpaired) electrons. The van der Waals surface area contributed by atoms with E-state index >= 15 is 0 Å². The van der Waals surface area contributed by atoms with Crippen LogP contribution in [0.4, 0.5) is 8.78 Å². The van der Waals surface area contributed by atoms with Gasteiger partial charge in [0.1, 0.15) is 29.0 Å². The van der Waals surface area contributed by atoms with Gasteiger partial charge in [0.05, 0.1) is 24.0 Å². The SMILES string of the molecule is O=C(O)c1cnn(Cc2nc(-c3cccc(OCc4ccc(F)cc4F)c3)cs2)c1. The fraction of sp³-hybridized carbons (Fsp3) is 0.0952. The molecule has 0 amide bonds. The highest BCUT2D eigenvalue weighted by Crippen LogP contribution is 2.26. The number of carboxylic acid groups (broad SMARTS) is 1. The molecule has 0 atom stereocenters. The van der Waals surface area contributed by atoms with E-state index in [1.807, 2.05) is 11.4 Å². The first kappa shape index (κ1) is 19.7. The number of aromatic nitrogens is 3. The minimum Gasteiger partial charge on any atom is -0.489 e. The monoisotopic (exact) mass is 427 g/mol. The maximum Gasteiger partial charge on any atom is 0.338 e. The molecule has 0 bridgehead atoms. The molecule has 0 saturated heterocycles. The Morgan fingerprint density at radius 3 is 2.83 bits per heavy atom. The van der Waals surface area contributed by atoms with Gasteiger partial charge in [0, 0.05) is 28.8 Å². The Morgan fingerprint density at radius 2 is 2.07 bits per heavy atom. The van der Waals surface area contributed by atoms with Crippen LogP contribution in [-0.2, 0) is 13.2 Å². The number of aromatic carboxylic acids is 1. The lowest BCUT2D eigenvalue weighted by molar-refractivity contribution is 0.0696. The van der Waals surface area contributed by atoms with Crippen molar-refractivity contribution < 1.29 is 23.4 Å². The average molecular weight is 427 g/mol. The van der Waals surface area contributed by atoms with E-state index in [4.69, 9.17) is 9.84 Å². The van der Waals surface area contributed by atoms with Gasteiger partial charge >= 0.3 is 5.97 Å². The van der Waals surface area contributed by atoms with E-state index in [1.165, 1.54) is 40.5 Å². The highest BCUT2D eigenvalue weighted by atomic mass is 32.1. The summed E-state index contributed by atoms with van der Waals surface area (Å²) in [5.74, 6) is -1.78. The number of ether oxygens (including phenoxy) is 1. The van der Waals surface area contributed by atoms with Gasteiger partial charge < -0.3 is 9.84 Å². The minimum atomic E-state index is -1.03. The van der Waals surface area contributed by atoms with E-state index in [0.717, 1.165) is 22.3 Å². The minimum absolute atomic E-state index is 0.0247. The van der Waals surface area contributed by atoms with Gasteiger partial charge in [-0.25, -0.2) is 18.6 Å². The summed E-state index contributed by atoms with van der Waals surface area (Å²) in [4.78, 5) is 15.5. The van der Waals surface area contributed by atoms with Crippen LogP contribution in [0.2, 0.25) is 0 Å². The molecule has 0 aliphatic heterocycles. The molecule has 0 aliphatic rings. The number of hydrogen-bond acceptors (Lipinski definition) is 5. The van der Waals surface area contributed by atoms with Crippen molar-refractivity contribution in [3.63, 3.8) is 0 Å². The number of carboxylic acids is 1. The van der Waals surface area contributed by atoms with Crippen LogP contribution < -0.4 is 4.74 Å². The molecule has 0 fully saturated rings. The molecule has 0 saturated carbocycles. The van der Waals surface area contributed by atoms with Crippen molar-refractivity contribution in [2.24, 2.45) is 0 Å². The lowest BCUT2D eigenvalue weighted by atomic mass is 10.1. The topological polar surface area (TPSA) is 77.2 Å². The van der Waals surface area contributed by atoms with Crippen LogP contribution in [0.15, 0.2) is 60.2 Å². The fourth-order valence-corrected chi connectivity index (χ4v) is 3.55. The Morgan fingerprint density at radius 1 is 1.20 bits per heavy atom. The van der Waals surface area contributed by atoms with E-state index in [0.29, 0.717) is 12.3 Å². The zero-order chi connectivity index (χ0) is 21.1. The largest absolute Gasteiger partial charge is 0.489 e. The zero-order valence-electron chi connectivity index (χ0n) is 15.5. The first-order chi connectivity index (χ1) is 14.5. The second-order valence-electron chi connectivity index (χ2n) is 6.41. The molecular formula is C21H15F2N3O3S.